The Kier molecular flexibility index (Phi) is 5.30. The smallest absolute Gasteiger partial charge is 0.270 e. The monoisotopic (exact) mass is 503 g/mol. The van der Waals surface area contributed by atoms with Crippen LogP contribution in [0.2, 0.25) is 5.02 Å². The molecule has 2 aromatic heterocycles. The number of hydrogen-bond acceptors (Lipinski definition) is 3. The van der Waals surface area contributed by atoms with E-state index >= 15 is 0 Å². The van der Waals surface area contributed by atoms with E-state index in [2.05, 4.69) is 31.2 Å². The molecule has 2 amide bonds. The predicted octanol–water partition coefficient (Wildman–Crippen LogP) is 4.44. The number of benzene rings is 1. The molecule has 2 N–H and O–H groups in total. The standard InChI is InChI=1S/C22H23BrClN5O2/c1-28-6-5-25-22(28)27-20(30)15-4-2-3-12-10-29(11-16(12)15)21(31)18-8-13-7-14(23)9-17(24)19(13)26-18/h5-9,12,15-16,26H,2-4,10-11H2,1H3,(H,25,27,30)/t12-,15+,16+/m1/s1. The molecule has 7 nitrogen and oxygen atoms in total. The molecule has 5 rings (SSSR count). The molecule has 0 unspecified atom stereocenters. The van der Waals surface area contributed by atoms with E-state index in [0.717, 1.165) is 34.6 Å². The van der Waals surface area contributed by atoms with Crippen molar-refractivity contribution in [2.75, 3.05) is 18.4 Å². The second-order valence-corrected chi connectivity index (χ2v) is 9.88. The van der Waals surface area contributed by atoms with Crippen molar-refractivity contribution in [2.24, 2.45) is 24.8 Å². The van der Waals surface area contributed by atoms with Crippen LogP contribution < -0.4 is 5.32 Å². The Morgan fingerprint density at radius 1 is 1.26 bits per heavy atom. The topological polar surface area (TPSA) is 83.0 Å². The van der Waals surface area contributed by atoms with E-state index in [-0.39, 0.29) is 23.7 Å². The highest BCUT2D eigenvalue weighted by Crippen LogP contribution is 2.41. The Hall–Kier alpha value is -2.32. The third-order valence-electron chi connectivity index (χ3n) is 6.65. The molecule has 0 bridgehead atoms. The summed E-state index contributed by atoms with van der Waals surface area (Å²) in [5, 5.41) is 4.43. The summed E-state index contributed by atoms with van der Waals surface area (Å²) in [6.07, 6.45) is 6.36. The molecule has 1 saturated heterocycles. The molecule has 0 spiro atoms. The summed E-state index contributed by atoms with van der Waals surface area (Å²) in [5.74, 6) is 0.916. The zero-order valence-electron chi connectivity index (χ0n) is 17.1. The SMILES string of the molecule is Cn1ccnc1NC(=O)[C@H]1CCC[C@@H]2CN(C(=O)c3cc4cc(Br)cc(Cl)c4[nH]3)C[C@@H]21. The van der Waals surface area contributed by atoms with Crippen molar-refractivity contribution in [1.29, 1.82) is 0 Å². The first-order chi connectivity index (χ1) is 14.9. The van der Waals surface area contributed by atoms with Crippen molar-refractivity contribution in [3.8, 4) is 0 Å². The second kappa shape index (κ2) is 7.98. The lowest BCUT2D eigenvalue weighted by Crippen LogP contribution is -2.37. The summed E-state index contributed by atoms with van der Waals surface area (Å²) in [6.45, 7) is 1.28. The molecule has 3 heterocycles. The van der Waals surface area contributed by atoms with Crippen LogP contribution >= 0.6 is 27.5 Å². The fraction of sp³-hybridized carbons (Fsp3) is 0.409. The van der Waals surface area contributed by atoms with Gasteiger partial charge in [-0.2, -0.15) is 0 Å². The maximum atomic E-state index is 13.3. The Morgan fingerprint density at radius 3 is 2.87 bits per heavy atom. The van der Waals surface area contributed by atoms with Gasteiger partial charge in [-0.25, -0.2) is 4.98 Å². The largest absolute Gasteiger partial charge is 0.349 e. The molecule has 1 aliphatic carbocycles. The van der Waals surface area contributed by atoms with Crippen LogP contribution in [0, 0.1) is 17.8 Å². The maximum Gasteiger partial charge on any atom is 0.270 e. The van der Waals surface area contributed by atoms with Crippen LogP contribution in [-0.2, 0) is 11.8 Å². The lowest BCUT2D eigenvalue weighted by Gasteiger charge is -2.31. The van der Waals surface area contributed by atoms with Crippen LogP contribution in [0.3, 0.4) is 0 Å². The number of halogens is 2. The summed E-state index contributed by atoms with van der Waals surface area (Å²) in [6, 6.07) is 5.60. The Balaban J connectivity index is 1.34. The van der Waals surface area contributed by atoms with E-state index in [9.17, 15) is 9.59 Å². The summed E-state index contributed by atoms with van der Waals surface area (Å²) in [5.41, 5.74) is 1.29. The van der Waals surface area contributed by atoms with Crippen LogP contribution in [0.5, 0.6) is 0 Å². The van der Waals surface area contributed by atoms with Gasteiger partial charge in [0.25, 0.3) is 5.91 Å². The van der Waals surface area contributed by atoms with Crippen molar-refractivity contribution < 1.29 is 9.59 Å². The van der Waals surface area contributed by atoms with E-state index in [1.165, 1.54) is 0 Å². The van der Waals surface area contributed by atoms with Crippen LogP contribution in [0.15, 0.2) is 35.1 Å². The van der Waals surface area contributed by atoms with E-state index < -0.39 is 0 Å². The van der Waals surface area contributed by atoms with Gasteiger partial charge in [0.2, 0.25) is 11.9 Å². The number of anilines is 1. The number of amides is 2. The van der Waals surface area contributed by atoms with Crippen LogP contribution in [0.4, 0.5) is 5.95 Å². The van der Waals surface area contributed by atoms with Gasteiger partial charge in [-0.15, -0.1) is 0 Å². The van der Waals surface area contributed by atoms with Gasteiger partial charge >= 0.3 is 0 Å². The first-order valence-electron chi connectivity index (χ1n) is 10.5. The first kappa shape index (κ1) is 20.6. The van der Waals surface area contributed by atoms with E-state index in [1.54, 1.807) is 17.0 Å². The zero-order chi connectivity index (χ0) is 21.7. The average molecular weight is 505 g/mol. The number of aryl methyl sites for hydroxylation is 1. The minimum absolute atomic E-state index is 0.000503. The highest BCUT2D eigenvalue weighted by atomic mass is 79.9. The van der Waals surface area contributed by atoms with Gasteiger partial charge in [0, 0.05) is 48.3 Å². The van der Waals surface area contributed by atoms with E-state index in [0.29, 0.717) is 35.7 Å². The number of likely N-dealkylation sites (tertiary alicyclic amines) is 1. The number of carbonyl (C=O) groups is 2. The molecule has 3 aromatic rings. The maximum absolute atomic E-state index is 13.3. The van der Waals surface area contributed by atoms with Crippen LogP contribution in [0.1, 0.15) is 29.8 Å². The van der Waals surface area contributed by atoms with Crippen LogP contribution in [-0.4, -0.2) is 44.3 Å². The highest BCUT2D eigenvalue weighted by molar-refractivity contribution is 9.10. The molecule has 2 aliphatic rings. The number of nitrogens with zero attached hydrogens (tertiary/aromatic N) is 3. The molecule has 1 saturated carbocycles. The predicted molar refractivity (Wildman–Crippen MR) is 123 cm³/mol. The minimum atomic E-state index is -0.110. The Morgan fingerprint density at radius 2 is 2.10 bits per heavy atom. The highest BCUT2D eigenvalue weighted by Gasteiger charge is 2.44. The van der Waals surface area contributed by atoms with Gasteiger partial charge in [0.15, 0.2) is 0 Å². The second-order valence-electron chi connectivity index (χ2n) is 8.56. The van der Waals surface area contributed by atoms with Gasteiger partial charge in [-0.3, -0.25) is 14.9 Å². The number of hydrogen-bond donors (Lipinski definition) is 2. The lowest BCUT2D eigenvalue weighted by molar-refractivity contribution is -0.123. The molecule has 0 radical (unpaired) electrons. The molecule has 31 heavy (non-hydrogen) atoms. The van der Waals surface area contributed by atoms with E-state index in [4.69, 9.17) is 11.6 Å². The molecular weight excluding hydrogens is 482 g/mol. The minimum Gasteiger partial charge on any atom is -0.349 e. The van der Waals surface area contributed by atoms with Gasteiger partial charge in [0.1, 0.15) is 5.69 Å². The normalized spacial score (nSPS) is 23.2. The first-order valence-corrected chi connectivity index (χ1v) is 11.6. The quantitative estimate of drug-likeness (QED) is 0.553. The lowest BCUT2D eigenvalue weighted by atomic mass is 9.73. The number of carbonyl (C=O) groups excluding carboxylic acids is 2. The molecule has 9 heteroatoms. The van der Waals surface area contributed by atoms with Gasteiger partial charge < -0.3 is 14.5 Å². The molecular formula is C22H23BrClN5O2. The number of imidazole rings is 1. The Labute approximate surface area is 193 Å². The van der Waals surface area contributed by atoms with Crippen molar-refractivity contribution in [2.45, 2.75) is 19.3 Å². The van der Waals surface area contributed by atoms with Crippen molar-refractivity contribution in [3.05, 3.63) is 45.8 Å². The number of aromatic amines is 1. The number of aromatic nitrogens is 3. The fourth-order valence-corrected chi connectivity index (χ4v) is 5.98. The van der Waals surface area contributed by atoms with Gasteiger partial charge in [0.05, 0.1) is 10.5 Å². The summed E-state index contributed by atoms with van der Waals surface area (Å²) in [7, 11) is 1.85. The number of rotatable bonds is 3. The molecule has 3 atom stereocenters. The number of nitrogens with one attached hydrogen (secondary N) is 2. The van der Waals surface area contributed by atoms with E-state index in [1.807, 2.05) is 30.1 Å². The van der Waals surface area contributed by atoms with Gasteiger partial charge in [-0.1, -0.05) is 34.0 Å². The zero-order valence-corrected chi connectivity index (χ0v) is 19.4. The van der Waals surface area contributed by atoms with Crippen molar-refractivity contribution in [3.63, 3.8) is 0 Å². The molecule has 2 fully saturated rings. The van der Waals surface area contributed by atoms with Gasteiger partial charge in [-0.05, 0) is 42.9 Å². The summed E-state index contributed by atoms with van der Waals surface area (Å²) >= 11 is 9.77. The molecule has 162 valence electrons. The number of fused-ring (bicyclic) bond motifs is 2. The third-order valence-corrected chi connectivity index (χ3v) is 7.41. The van der Waals surface area contributed by atoms with Crippen LogP contribution in [0.25, 0.3) is 10.9 Å². The summed E-state index contributed by atoms with van der Waals surface area (Å²) < 4.78 is 2.67. The fourth-order valence-electron chi connectivity index (χ4n) is 5.10. The third kappa shape index (κ3) is 3.76. The molecule has 1 aliphatic heterocycles. The van der Waals surface area contributed by atoms with Crippen molar-refractivity contribution >= 4 is 56.2 Å². The average Bonchev–Trinajstić information content (AvgIpc) is 3.45. The number of H-pyrrole nitrogens is 1. The molecule has 1 aromatic carbocycles. The summed E-state index contributed by atoms with van der Waals surface area (Å²) in [4.78, 5) is 35.5. The Bertz CT molecular complexity index is 1170. The van der Waals surface area contributed by atoms with Crippen molar-refractivity contribution in [1.82, 2.24) is 19.4 Å².